The molecular weight excluding hydrogens is 292 g/mol. The molecule has 0 heterocycles. The van der Waals surface area contributed by atoms with Crippen LogP contribution in [-0.2, 0) is 9.53 Å². The molecular formula is C15H19ClN2O3. The Hall–Kier alpha value is -1.75. The molecule has 1 unspecified atom stereocenters. The maximum Gasteiger partial charge on any atom is 0.338 e. The van der Waals surface area contributed by atoms with Crippen molar-refractivity contribution in [3.63, 3.8) is 0 Å². The zero-order chi connectivity index (χ0) is 15.4. The molecule has 1 atom stereocenters. The molecule has 0 bridgehead atoms. The second-order valence-corrected chi connectivity index (χ2v) is 5.68. The summed E-state index contributed by atoms with van der Waals surface area (Å²) in [5, 5.41) is 3.18. The van der Waals surface area contributed by atoms with E-state index in [9.17, 15) is 9.59 Å². The van der Waals surface area contributed by atoms with Gasteiger partial charge in [0.05, 0.1) is 16.3 Å². The molecule has 1 aromatic carbocycles. The van der Waals surface area contributed by atoms with Crippen molar-refractivity contribution in [2.24, 2.45) is 0 Å². The molecule has 114 valence electrons. The number of nitrogen functional groups attached to an aromatic ring is 1. The molecule has 0 spiro atoms. The van der Waals surface area contributed by atoms with Gasteiger partial charge < -0.3 is 15.8 Å². The lowest BCUT2D eigenvalue weighted by Crippen LogP contribution is -2.40. The van der Waals surface area contributed by atoms with Gasteiger partial charge in [0.25, 0.3) is 5.91 Å². The van der Waals surface area contributed by atoms with Crippen LogP contribution in [0.3, 0.4) is 0 Å². The van der Waals surface area contributed by atoms with Gasteiger partial charge in [0.15, 0.2) is 6.10 Å². The fraction of sp³-hybridized carbons (Fsp3) is 0.467. The van der Waals surface area contributed by atoms with Crippen LogP contribution >= 0.6 is 11.6 Å². The summed E-state index contributed by atoms with van der Waals surface area (Å²) in [4.78, 5) is 23.9. The van der Waals surface area contributed by atoms with Gasteiger partial charge in [-0.15, -0.1) is 0 Å². The van der Waals surface area contributed by atoms with E-state index in [1.807, 2.05) is 0 Å². The van der Waals surface area contributed by atoms with Gasteiger partial charge in [-0.2, -0.15) is 0 Å². The van der Waals surface area contributed by atoms with Gasteiger partial charge in [-0.3, -0.25) is 4.79 Å². The number of anilines is 1. The number of ether oxygens (including phenoxy) is 1. The lowest BCUT2D eigenvalue weighted by molar-refractivity contribution is -0.129. The second kappa shape index (κ2) is 6.80. The monoisotopic (exact) mass is 310 g/mol. The van der Waals surface area contributed by atoms with Crippen molar-refractivity contribution in [3.8, 4) is 0 Å². The maximum absolute atomic E-state index is 12.0. The van der Waals surface area contributed by atoms with E-state index in [1.165, 1.54) is 18.2 Å². The predicted molar refractivity (Wildman–Crippen MR) is 81.1 cm³/mol. The Bertz CT molecular complexity index is 542. The molecule has 1 aliphatic rings. The van der Waals surface area contributed by atoms with Gasteiger partial charge in [-0.25, -0.2) is 4.79 Å². The Balaban J connectivity index is 1.91. The highest BCUT2D eigenvalue weighted by atomic mass is 35.5. The summed E-state index contributed by atoms with van der Waals surface area (Å²) in [5.74, 6) is -0.859. The largest absolute Gasteiger partial charge is 0.449 e. The fourth-order valence-corrected chi connectivity index (χ4v) is 2.51. The second-order valence-electron chi connectivity index (χ2n) is 5.27. The Morgan fingerprint density at radius 1 is 1.38 bits per heavy atom. The quantitative estimate of drug-likeness (QED) is 0.661. The van der Waals surface area contributed by atoms with E-state index in [4.69, 9.17) is 22.1 Å². The topological polar surface area (TPSA) is 81.4 Å². The molecule has 21 heavy (non-hydrogen) atoms. The smallest absolute Gasteiger partial charge is 0.338 e. The Labute approximate surface area is 128 Å². The minimum Gasteiger partial charge on any atom is -0.449 e. The van der Waals surface area contributed by atoms with Gasteiger partial charge in [-0.1, -0.05) is 24.4 Å². The summed E-state index contributed by atoms with van der Waals surface area (Å²) in [7, 11) is 0. The number of amides is 1. The van der Waals surface area contributed by atoms with E-state index in [2.05, 4.69) is 5.32 Å². The molecule has 0 saturated heterocycles. The number of halogens is 1. The average molecular weight is 311 g/mol. The highest BCUT2D eigenvalue weighted by Crippen LogP contribution is 2.21. The molecule has 6 heteroatoms. The van der Waals surface area contributed by atoms with Crippen molar-refractivity contribution in [3.05, 3.63) is 28.8 Å². The summed E-state index contributed by atoms with van der Waals surface area (Å²) in [5.41, 5.74) is 6.24. The molecule has 1 amide bonds. The number of hydrogen-bond donors (Lipinski definition) is 2. The summed E-state index contributed by atoms with van der Waals surface area (Å²) in [6.07, 6.45) is 3.39. The zero-order valence-corrected chi connectivity index (χ0v) is 12.7. The maximum atomic E-state index is 12.0. The van der Waals surface area contributed by atoms with E-state index >= 15 is 0 Å². The van der Waals surface area contributed by atoms with Gasteiger partial charge in [-0.05, 0) is 38.0 Å². The van der Waals surface area contributed by atoms with E-state index in [1.54, 1.807) is 6.92 Å². The lowest BCUT2D eigenvalue weighted by atomic mass is 10.2. The number of carbonyl (C=O) groups is 2. The van der Waals surface area contributed by atoms with Gasteiger partial charge in [0.1, 0.15) is 0 Å². The third kappa shape index (κ3) is 4.11. The summed E-state index contributed by atoms with van der Waals surface area (Å²) in [6.45, 7) is 1.56. The van der Waals surface area contributed by atoms with Crippen molar-refractivity contribution >= 4 is 29.2 Å². The number of hydrogen-bond acceptors (Lipinski definition) is 4. The van der Waals surface area contributed by atoms with Crippen LogP contribution < -0.4 is 11.1 Å². The third-order valence-corrected chi connectivity index (χ3v) is 3.92. The zero-order valence-electron chi connectivity index (χ0n) is 11.9. The van der Waals surface area contributed by atoms with E-state index in [0.717, 1.165) is 25.7 Å². The lowest BCUT2D eigenvalue weighted by Gasteiger charge is -2.17. The van der Waals surface area contributed by atoms with Gasteiger partial charge in [0, 0.05) is 6.04 Å². The normalized spacial score (nSPS) is 16.5. The molecule has 1 aliphatic carbocycles. The van der Waals surface area contributed by atoms with Gasteiger partial charge >= 0.3 is 5.97 Å². The molecule has 0 aliphatic heterocycles. The first kappa shape index (κ1) is 15.6. The van der Waals surface area contributed by atoms with Gasteiger partial charge in [0.2, 0.25) is 0 Å². The minimum atomic E-state index is -0.838. The van der Waals surface area contributed by atoms with Crippen molar-refractivity contribution in [1.29, 1.82) is 0 Å². The van der Waals surface area contributed by atoms with Crippen LogP contribution in [0.4, 0.5) is 5.69 Å². The SMILES string of the molecule is CC(OC(=O)c1ccc(N)c(Cl)c1)C(=O)NC1CCCC1. The van der Waals surface area contributed by atoms with Crippen LogP contribution in [-0.4, -0.2) is 24.0 Å². The first-order valence-electron chi connectivity index (χ1n) is 7.03. The van der Waals surface area contributed by atoms with Crippen molar-refractivity contribution in [2.75, 3.05) is 5.73 Å². The number of esters is 1. The highest BCUT2D eigenvalue weighted by Gasteiger charge is 2.23. The van der Waals surface area contributed by atoms with E-state index < -0.39 is 12.1 Å². The summed E-state index contributed by atoms with van der Waals surface area (Å²) >= 11 is 5.86. The predicted octanol–water partition coefficient (Wildman–Crippen LogP) is 2.53. The van der Waals surface area contributed by atoms with Crippen molar-refractivity contribution in [1.82, 2.24) is 5.32 Å². The summed E-state index contributed by atoms with van der Waals surface area (Å²) < 4.78 is 5.15. The Morgan fingerprint density at radius 2 is 2.05 bits per heavy atom. The molecule has 5 nitrogen and oxygen atoms in total. The van der Waals surface area contributed by atoms with Crippen molar-refractivity contribution in [2.45, 2.75) is 44.8 Å². The van der Waals surface area contributed by atoms with Crippen LogP contribution in [0.25, 0.3) is 0 Å². The molecule has 3 N–H and O–H groups in total. The van der Waals surface area contributed by atoms with Crippen LogP contribution in [0.1, 0.15) is 43.0 Å². The number of carbonyl (C=O) groups excluding carboxylic acids is 2. The van der Waals surface area contributed by atoms with E-state index in [0.29, 0.717) is 5.69 Å². The van der Waals surface area contributed by atoms with Crippen LogP contribution in [0, 0.1) is 0 Å². The molecule has 2 rings (SSSR count). The molecule has 1 saturated carbocycles. The van der Waals surface area contributed by atoms with Crippen molar-refractivity contribution < 1.29 is 14.3 Å². The van der Waals surface area contributed by atoms with Crippen LogP contribution in [0.2, 0.25) is 5.02 Å². The van der Waals surface area contributed by atoms with Crippen LogP contribution in [0.15, 0.2) is 18.2 Å². The first-order chi connectivity index (χ1) is 9.97. The third-order valence-electron chi connectivity index (χ3n) is 3.59. The summed E-state index contributed by atoms with van der Waals surface area (Å²) in [6, 6.07) is 4.68. The number of benzene rings is 1. The average Bonchev–Trinajstić information content (AvgIpc) is 2.94. The number of rotatable bonds is 4. The molecule has 0 aromatic heterocycles. The Kier molecular flexibility index (Phi) is 5.07. The Morgan fingerprint density at radius 3 is 2.67 bits per heavy atom. The first-order valence-corrected chi connectivity index (χ1v) is 7.41. The van der Waals surface area contributed by atoms with Crippen LogP contribution in [0.5, 0.6) is 0 Å². The number of nitrogens with two attached hydrogens (primary N) is 1. The standard InChI is InChI=1S/C15H19ClN2O3/c1-9(14(19)18-11-4-2-3-5-11)21-15(20)10-6-7-13(17)12(16)8-10/h6-9,11H,2-5,17H2,1H3,(H,18,19). The molecule has 1 aromatic rings. The molecule has 1 fully saturated rings. The minimum absolute atomic E-state index is 0.199. The fourth-order valence-electron chi connectivity index (χ4n) is 2.32. The van der Waals surface area contributed by atoms with E-state index in [-0.39, 0.29) is 22.5 Å². The molecule has 0 radical (unpaired) electrons. The highest BCUT2D eigenvalue weighted by molar-refractivity contribution is 6.33. The number of nitrogens with one attached hydrogen (secondary N) is 1.